The first kappa shape index (κ1) is 47.3. The minimum Gasteiger partial charge on any atom is -0.390 e. The molecule has 5 aliphatic rings. The van der Waals surface area contributed by atoms with E-state index in [-0.39, 0.29) is 6.10 Å². The number of thioether (sulfide) groups is 1. The van der Waals surface area contributed by atoms with Crippen LogP contribution >= 0.6 is 27.7 Å². The van der Waals surface area contributed by atoms with Gasteiger partial charge in [-0.2, -0.15) is 11.8 Å². The Hall–Kier alpha value is 0.140. The molecule has 1 saturated carbocycles. The summed E-state index contributed by atoms with van der Waals surface area (Å²) < 4.78 is 5.31. The molecule has 8 heteroatoms. The number of β-amino-alcohol motifs (C(OH)–C–C–N with tert-alkyl or cyclic N) is 1. The third kappa shape index (κ3) is 23.6. The smallest absolute Gasteiger partial charge is 0.236 e. The second kappa shape index (κ2) is 24.6. The lowest BCUT2D eigenvalue weighted by Crippen LogP contribution is -2.53. The fourth-order valence-corrected chi connectivity index (χ4v) is 10.5. The number of aliphatic hydroxyl groups excluding tert-OH is 1. The Balaban J connectivity index is 0.000000246. The molecule has 4 saturated heterocycles. The largest absolute Gasteiger partial charge is 0.390 e. The van der Waals surface area contributed by atoms with Crippen LogP contribution in [-0.2, 0) is 9.53 Å². The van der Waals surface area contributed by atoms with Crippen LogP contribution in [-0.4, -0.2) is 114 Å². The molecule has 0 aromatic carbocycles. The number of hydrogen-bond donors (Lipinski definition) is 1. The van der Waals surface area contributed by atoms with Crippen molar-refractivity contribution < 1.29 is 14.6 Å². The maximum atomic E-state index is 12.2. The number of hydrogen-bond acceptors (Lipinski definition) is 6. The standard InChI is InChI=1S/C15H28N2O2.C11H21Br.C9H18S.C8H17NO/c1-13(2)11-14-3-5-17(6-4-14)15(18)12-16-7-9-19-10-8-16;1-11(2,3)8-9-5-4-6-10(12)7-9;1-8(2)7-9-3-5-10-6-4-9;1-8(2,3)6-9-4-7(10)5-9/h13-14H,3-12H2,1-2H3;9-10H,4-8H2,1-3H3;8-9H,3-7H2,1-2H3;7,10H,4-6H2,1-3H3. The van der Waals surface area contributed by atoms with Gasteiger partial charge < -0.3 is 14.7 Å². The average molecular weight is 803 g/mol. The molecule has 5 fully saturated rings. The first-order chi connectivity index (χ1) is 23.9. The van der Waals surface area contributed by atoms with Gasteiger partial charge in [0.2, 0.25) is 5.91 Å². The topological polar surface area (TPSA) is 56.2 Å². The first-order valence-electron chi connectivity index (χ1n) is 21.1. The van der Waals surface area contributed by atoms with Crippen molar-refractivity contribution in [2.75, 3.05) is 77.1 Å². The van der Waals surface area contributed by atoms with Gasteiger partial charge in [0.15, 0.2) is 0 Å². The van der Waals surface area contributed by atoms with Crippen molar-refractivity contribution in [3.05, 3.63) is 0 Å². The van der Waals surface area contributed by atoms with E-state index in [1.165, 1.54) is 82.1 Å². The Morgan fingerprint density at radius 3 is 1.78 bits per heavy atom. The van der Waals surface area contributed by atoms with E-state index < -0.39 is 0 Å². The van der Waals surface area contributed by atoms with E-state index in [1.807, 2.05) is 0 Å². The number of ether oxygens (including phenoxy) is 1. The fourth-order valence-electron chi connectivity index (χ4n) is 8.40. The Labute approximate surface area is 329 Å². The second-order valence-corrected chi connectivity index (χ2v) is 22.4. The van der Waals surface area contributed by atoms with Crippen LogP contribution in [0.15, 0.2) is 0 Å². The Bertz CT molecular complexity index is 897. The van der Waals surface area contributed by atoms with Crippen molar-refractivity contribution in [1.82, 2.24) is 14.7 Å². The number of aliphatic hydroxyl groups is 1. The second-order valence-electron chi connectivity index (χ2n) is 19.8. The van der Waals surface area contributed by atoms with Gasteiger partial charge in [0.1, 0.15) is 0 Å². The van der Waals surface area contributed by atoms with Crippen LogP contribution in [0.1, 0.15) is 140 Å². The summed E-state index contributed by atoms with van der Waals surface area (Å²) in [7, 11) is 0. The van der Waals surface area contributed by atoms with Crippen LogP contribution in [0.2, 0.25) is 0 Å². The lowest BCUT2D eigenvalue weighted by molar-refractivity contribution is -0.134. The average Bonchev–Trinajstić information content (AvgIpc) is 3.01. The van der Waals surface area contributed by atoms with Crippen LogP contribution in [0.3, 0.4) is 0 Å². The molecule has 1 amide bonds. The zero-order valence-electron chi connectivity index (χ0n) is 35.2. The molecule has 0 radical (unpaired) electrons. The molecular weight excluding hydrogens is 718 g/mol. The third-order valence-corrected chi connectivity index (χ3v) is 12.5. The molecular formula is C43H84BrN3O3S. The number of rotatable bonds is 8. The van der Waals surface area contributed by atoms with Crippen LogP contribution in [0.25, 0.3) is 0 Å². The van der Waals surface area contributed by atoms with Gasteiger partial charge in [-0.05, 0) is 110 Å². The summed E-state index contributed by atoms with van der Waals surface area (Å²) in [6, 6.07) is 0. The van der Waals surface area contributed by atoms with Crippen molar-refractivity contribution in [1.29, 1.82) is 0 Å². The number of morpholine rings is 1. The predicted molar refractivity (Wildman–Crippen MR) is 226 cm³/mol. The van der Waals surface area contributed by atoms with Crippen molar-refractivity contribution in [2.24, 2.45) is 40.4 Å². The van der Waals surface area contributed by atoms with Gasteiger partial charge in [0.05, 0.1) is 25.9 Å². The van der Waals surface area contributed by atoms with Crippen LogP contribution in [0, 0.1) is 40.4 Å². The molecule has 6 nitrogen and oxygen atoms in total. The number of carbonyl (C=O) groups is 1. The number of halogens is 1. The summed E-state index contributed by atoms with van der Waals surface area (Å²) in [5.74, 6) is 7.69. The van der Waals surface area contributed by atoms with Crippen LogP contribution in [0.5, 0.6) is 0 Å². The number of piperidine rings is 1. The Morgan fingerprint density at radius 1 is 0.765 bits per heavy atom. The van der Waals surface area contributed by atoms with Crippen molar-refractivity contribution in [3.63, 3.8) is 0 Å². The Kier molecular flexibility index (Phi) is 22.8. The van der Waals surface area contributed by atoms with Gasteiger partial charge in [-0.1, -0.05) is 98.0 Å². The highest BCUT2D eigenvalue weighted by atomic mass is 79.9. The highest BCUT2D eigenvalue weighted by molar-refractivity contribution is 9.09. The number of alkyl halides is 1. The van der Waals surface area contributed by atoms with Gasteiger partial charge >= 0.3 is 0 Å². The molecule has 2 atom stereocenters. The van der Waals surface area contributed by atoms with Gasteiger partial charge in [-0.3, -0.25) is 14.6 Å². The van der Waals surface area contributed by atoms with Gasteiger partial charge in [-0.25, -0.2) is 0 Å². The summed E-state index contributed by atoms with van der Waals surface area (Å²) in [5.41, 5.74) is 0.898. The number of carbonyl (C=O) groups excluding carboxylic acids is 1. The molecule has 302 valence electrons. The van der Waals surface area contributed by atoms with E-state index in [0.29, 0.717) is 23.3 Å². The maximum Gasteiger partial charge on any atom is 0.236 e. The summed E-state index contributed by atoms with van der Waals surface area (Å²) in [4.78, 5) is 19.6. The zero-order chi connectivity index (χ0) is 38.0. The normalized spacial score (nSPS) is 24.9. The molecule has 51 heavy (non-hydrogen) atoms. The fraction of sp³-hybridized carbons (Fsp3) is 0.977. The highest BCUT2D eigenvalue weighted by Gasteiger charge is 2.28. The molecule has 5 rings (SSSR count). The summed E-state index contributed by atoms with van der Waals surface area (Å²) in [5, 5.41) is 8.97. The minimum absolute atomic E-state index is 0.0534. The monoisotopic (exact) mass is 802 g/mol. The van der Waals surface area contributed by atoms with E-state index in [4.69, 9.17) is 9.84 Å². The van der Waals surface area contributed by atoms with E-state index >= 15 is 0 Å². The zero-order valence-corrected chi connectivity index (χ0v) is 37.6. The molecule has 1 N–H and O–H groups in total. The van der Waals surface area contributed by atoms with Gasteiger partial charge in [0, 0.05) is 50.6 Å². The van der Waals surface area contributed by atoms with E-state index in [2.05, 4.69) is 112 Å². The van der Waals surface area contributed by atoms with Gasteiger partial charge in [0.25, 0.3) is 0 Å². The molecule has 4 heterocycles. The van der Waals surface area contributed by atoms with Crippen molar-refractivity contribution >= 4 is 33.6 Å². The summed E-state index contributed by atoms with van der Waals surface area (Å²) in [6.07, 6.45) is 15.1. The van der Waals surface area contributed by atoms with E-state index in [1.54, 1.807) is 0 Å². The number of nitrogens with zero attached hydrogens (tertiary/aromatic N) is 3. The molecule has 0 aromatic rings. The van der Waals surface area contributed by atoms with Gasteiger partial charge in [-0.15, -0.1) is 0 Å². The van der Waals surface area contributed by atoms with E-state index in [0.717, 1.165) is 93.4 Å². The minimum atomic E-state index is -0.0534. The molecule has 0 bridgehead atoms. The number of likely N-dealkylation sites (tertiary alicyclic amines) is 2. The van der Waals surface area contributed by atoms with Crippen LogP contribution in [0.4, 0.5) is 0 Å². The SMILES string of the molecule is CC(C)(C)CC1CCCC(Br)C1.CC(C)(C)CN1CC(O)C1.CC(C)CC1CCN(C(=O)CN2CCOCC2)CC1.CC(C)CC1CCSCC1. The lowest BCUT2D eigenvalue weighted by Gasteiger charge is -2.39. The van der Waals surface area contributed by atoms with Crippen molar-refractivity contribution in [2.45, 2.75) is 151 Å². The third-order valence-electron chi connectivity index (χ3n) is 10.6. The number of amides is 1. The van der Waals surface area contributed by atoms with Crippen molar-refractivity contribution in [3.8, 4) is 0 Å². The highest BCUT2D eigenvalue weighted by Crippen LogP contribution is 2.36. The predicted octanol–water partition coefficient (Wildman–Crippen LogP) is 9.86. The molecule has 0 spiro atoms. The Morgan fingerprint density at radius 2 is 1.31 bits per heavy atom. The summed E-state index contributed by atoms with van der Waals surface area (Å²) >= 11 is 5.86. The summed E-state index contributed by atoms with van der Waals surface area (Å²) in [6.45, 7) is 31.6. The van der Waals surface area contributed by atoms with E-state index in [9.17, 15) is 4.79 Å². The first-order valence-corrected chi connectivity index (χ1v) is 23.2. The maximum absolute atomic E-state index is 12.2. The molecule has 2 unspecified atom stereocenters. The molecule has 0 aromatic heterocycles. The lowest BCUT2D eigenvalue weighted by atomic mass is 9.78. The molecule has 1 aliphatic carbocycles. The quantitative estimate of drug-likeness (QED) is 0.247. The van der Waals surface area contributed by atoms with Crippen LogP contribution < -0.4 is 0 Å². The molecule has 4 aliphatic heterocycles.